The summed E-state index contributed by atoms with van der Waals surface area (Å²) < 4.78 is 74.0. The number of carboxylic acids is 1. The third-order valence-electron chi connectivity index (χ3n) is 5.16. The second-order valence-corrected chi connectivity index (χ2v) is 8.34. The van der Waals surface area contributed by atoms with Gasteiger partial charge in [0.25, 0.3) is 0 Å². The molecule has 38 heavy (non-hydrogen) atoms. The molecule has 1 atom stereocenters. The van der Waals surface area contributed by atoms with E-state index in [0.717, 1.165) is 29.5 Å². The Hall–Kier alpha value is -3.38. The van der Waals surface area contributed by atoms with E-state index < -0.39 is 47.9 Å². The molecule has 1 amide bonds. The summed E-state index contributed by atoms with van der Waals surface area (Å²) in [7, 11) is 0. The molecular formula is C26H31F4NO7. The second-order valence-electron chi connectivity index (χ2n) is 8.34. The van der Waals surface area contributed by atoms with Crippen molar-refractivity contribution < 1.29 is 51.2 Å². The molecule has 210 valence electrons. The van der Waals surface area contributed by atoms with Crippen LogP contribution in [0.4, 0.5) is 22.4 Å². The van der Waals surface area contributed by atoms with Gasteiger partial charge in [0.05, 0.1) is 19.8 Å². The van der Waals surface area contributed by atoms with E-state index in [9.17, 15) is 32.3 Å². The summed E-state index contributed by atoms with van der Waals surface area (Å²) in [4.78, 5) is 25.0. The number of nitrogens with zero attached hydrogens (tertiary/aromatic N) is 1. The van der Waals surface area contributed by atoms with Gasteiger partial charge in [-0.25, -0.2) is 27.2 Å². The molecule has 0 saturated heterocycles. The molecule has 0 aliphatic rings. The Morgan fingerprint density at radius 3 is 2.32 bits per heavy atom. The number of hydrogen-bond acceptors (Lipinski definition) is 6. The number of ether oxygens (including phenoxy) is 4. The topological polar surface area (TPSA) is 94.5 Å². The van der Waals surface area contributed by atoms with Crippen molar-refractivity contribution in [2.75, 3.05) is 39.5 Å². The quantitative estimate of drug-likeness (QED) is 0.236. The highest BCUT2D eigenvalue weighted by Crippen LogP contribution is 2.19. The lowest BCUT2D eigenvalue weighted by molar-refractivity contribution is -0.149. The van der Waals surface area contributed by atoms with Gasteiger partial charge in [0.1, 0.15) is 18.2 Å². The van der Waals surface area contributed by atoms with Crippen LogP contribution in [-0.4, -0.2) is 73.6 Å². The van der Waals surface area contributed by atoms with Gasteiger partial charge in [-0.3, -0.25) is 0 Å². The summed E-state index contributed by atoms with van der Waals surface area (Å²) >= 11 is 0. The summed E-state index contributed by atoms with van der Waals surface area (Å²) in [6.45, 7) is 2.33. The predicted octanol–water partition coefficient (Wildman–Crippen LogP) is 4.94. The molecule has 2 aromatic carbocycles. The van der Waals surface area contributed by atoms with Crippen LogP contribution in [0.5, 0.6) is 11.5 Å². The van der Waals surface area contributed by atoms with Crippen LogP contribution in [-0.2, 0) is 20.7 Å². The molecule has 1 unspecified atom stereocenters. The molecule has 12 heteroatoms. The summed E-state index contributed by atoms with van der Waals surface area (Å²) in [5, 5.41) is 9.21. The highest BCUT2D eigenvalue weighted by molar-refractivity contribution is 5.72. The van der Waals surface area contributed by atoms with Gasteiger partial charge in [-0.15, -0.1) is 0 Å². The van der Waals surface area contributed by atoms with Gasteiger partial charge in [0.2, 0.25) is 5.92 Å². The minimum Gasteiger partial charge on any atom is -0.492 e. The van der Waals surface area contributed by atoms with Crippen molar-refractivity contribution in [2.24, 2.45) is 0 Å². The minimum atomic E-state index is -2.89. The SMILES string of the molecule is CCOC(Cc1ccc(OCCN(CCOCCC(C)(F)F)C(=O)Oc2ccc(F)cc2F)cc1)C(=O)O. The zero-order chi connectivity index (χ0) is 28.1. The van der Waals surface area contributed by atoms with Gasteiger partial charge in [-0.05, 0) is 43.7 Å². The van der Waals surface area contributed by atoms with Crippen LogP contribution in [0.3, 0.4) is 0 Å². The standard InChI is InChI=1S/C26H31F4NO7/c1-3-36-23(24(32)33)16-18-4-7-20(8-5-18)37-15-12-31(11-14-35-13-10-26(2,29)30)25(34)38-22-9-6-19(27)17-21(22)28/h4-9,17,23H,3,10-16H2,1-2H3,(H,32,33). The van der Waals surface area contributed by atoms with Gasteiger partial charge >= 0.3 is 12.1 Å². The maximum atomic E-state index is 13.9. The third kappa shape index (κ3) is 11.3. The first kappa shape index (κ1) is 30.8. The number of benzene rings is 2. The molecule has 0 radical (unpaired) electrons. The van der Waals surface area contributed by atoms with E-state index in [0.29, 0.717) is 11.8 Å². The van der Waals surface area contributed by atoms with Gasteiger partial charge in [-0.1, -0.05) is 12.1 Å². The Labute approximate surface area is 218 Å². The van der Waals surface area contributed by atoms with Crippen molar-refractivity contribution in [2.45, 2.75) is 38.7 Å². The van der Waals surface area contributed by atoms with E-state index in [4.69, 9.17) is 18.9 Å². The fourth-order valence-corrected chi connectivity index (χ4v) is 3.17. The van der Waals surface area contributed by atoms with E-state index in [2.05, 4.69) is 0 Å². The number of aliphatic carboxylic acids is 1. The highest BCUT2D eigenvalue weighted by atomic mass is 19.3. The number of halogens is 4. The van der Waals surface area contributed by atoms with Crippen molar-refractivity contribution in [3.8, 4) is 11.5 Å². The molecule has 0 saturated carbocycles. The number of carboxylic acid groups (broad SMARTS) is 1. The van der Waals surface area contributed by atoms with Crippen LogP contribution in [0, 0.1) is 11.6 Å². The minimum absolute atomic E-state index is 0.00985. The van der Waals surface area contributed by atoms with Gasteiger partial charge in [0, 0.05) is 32.1 Å². The number of alkyl halides is 2. The van der Waals surface area contributed by atoms with Crippen LogP contribution in [0.25, 0.3) is 0 Å². The van der Waals surface area contributed by atoms with Gasteiger partial charge < -0.3 is 29.0 Å². The summed E-state index contributed by atoms with van der Waals surface area (Å²) in [6, 6.07) is 9.11. The molecular weight excluding hydrogens is 514 g/mol. The fraction of sp³-hybridized carbons (Fsp3) is 0.462. The average molecular weight is 546 g/mol. The number of hydrogen-bond donors (Lipinski definition) is 1. The number of amides is 1. The Morgan fingerprint density at radius 2 is 1.71 bits per heavy atom. The maximum Gasteiger partial charge on any atom is 0.415 e. The first-order valence-electron chi connectivity index (χ1n) is 11.9. The lowest BCUT2D eigenvalue weighted by atomic mass is 10.1. The van der Waals surface area contributed by atoms with Crippen molar-refractivity contribution in [3.05, 3.63) is 59.7 Å². The molecule has 0 aliphatic heterocycles. The normalized spacial score (nSPS) is 12.2. The number of rotatable bonds is 16. The van der Waals surface area contributed by atoms with Crippen LogP contribution >= 0.6 is 0 Å². The molecule has 0 aromatic heterocycles. The summed E-state index contributed by atoms with van der Waals surface area (Å²) in [6.07, 6.45) is -2.25. The van der Waals surface area contributed by atoms with Crippen molar-refractivity contribution >= 4 is 12.1 Å². The van der Waals surface area contributed by atoms with Crippen molar-refractivity contribution in [3.63, 3.8) is 0 Å². The van der Waals surface area contributed by atoms with E-state index in [1.807, 2.05) is 0 Å². The first-order chi connectivity index (χ1) is 18.0. The van der Waals surface area contributed by atoms with E-state index in [-0.39, 0.29) is 45.9 Å². The molecule has 2 aromatic rings. The first-order valence-corrected chi connectivity index (χ1v) is 11.9. The largest absolute Gasteiger partial charge is 0.492 e. The zero-order valence-corrected chi connectivity index (χ0v) is 21.1. The highest BCUT2D eigenvalue weighted by Gasteiger charge is 2.22. The predicted molar refractivity (Wildman–Crippen MR) is 129 cm³/mol. The third-order valence-corrected chi connectivity index (χ3v) is 5.16. The molecule has 0 heterocycles. The van der Waals surface area contributed by atoms with E-state index in [1.54, 1.807) is 31.2 Å². The molecule has 0 fully saturated rings. The molecule has 2 rings (SSSR count). The number of carbonyl (C=O) groups excluding carboxylic acids is 1. The lowest BCUT2D eigenvalue weighted by Crippen LogP contribution is -2.39. The molecule has 0 spiro atoms. The number of carbonyl (C=O) groups is 2. The van der Waals surface area contributed by atoms with Crippen molar-refractivity contribution in [1.82, 2.24) is 4.90 Å². The molecule has 0 bridgehead atoms. The van der Waals surface area contributed by atoms with Crippen LogP contribution in [0.15, 0.2) is 42.5 Å². The van der Waals surface area contributed by atoms with Crippen LogP contribution in [0.1, 0.15) is 25.8 Å². The molecule has 0 aliphatic carbocycles. The van der Waals surface area contributed by atoms with E-state index >= 15 is 0 Å². The maximum absolute atomic E-state index is 13.9. The Morgan fingerprint density at radius 1 is 1.03 bits per heavy atom. The Balaban J connectivity index is 1.94. The zero-order valence-electron chi connectivity index (χ0n) is 21.1. The average Bonchev–Trinajstić information content (AvgIpc) is 2.84. The second kappa shape index (κ2) is 15.1. The Bertz CT molecular complexity index is 1030. The molecule has 1 N–H and O–H groups in total. The lowest BCUT2D eigenvalue weighted by Gasteiger charge is -2.22. The van der Waals surface area contributed by atoms with Crippen molar-refractivity contribution in [1.29, 1.82) is 0 Å². The molecule has 8 nitrogen and oxygen atoms in total. The van der Waals surface area contributed by atoms with E-state index in [1.165, 1.54) is 0 Å². The van der Waals surface area contributed by atoms with Crippen LogP contribution in [0.2, 0.25) is 0 Å². The van der Waals surface area contributed by atoms with Gasteiger partial charge in [0.15, 0.2) is 17.7 Å². The smallest absolute Gasteiger partial charge is 0.415 e. The summed E-state index contributed by atoms with van der Waals surface area (Å²) in [5.41, 5.74) is 0.722. The summed E-state index contributed by atoms with van der Waals surface area (Å²) in [5.74, 6) is -5.89. The Kier molecular flexibility index (Phi) is 12.3. The fourth-order valence-electron chi connectivity index (χ4n) is 3.17. The monoisotopic (exact) mass is 545 g/mol. The van der Waals surface area contributed by atoms with Gasteiger partial charge in [-0.2, -0.15) is 0 Å². The van der Waals surface area contributed by atoms with Crippen LogP contribution < -0.4 is 9.47 Å².